The van der Waals surface area contributed by atoms with E-state index in [1.54, 1.807) is 18.3 Å². The molecule has 0 unspecified atom stereocenters. The highest BCUT2D eigenvalue weighted by atomic mass is 35.5. The maximum Gasteiger partial charge on any atom is 0.319 e. The zero-order chi connectivity index (χ0) is 27.0. The third-order valence-corrected chi connectivity index (χ3v) is 9.96. The fraction of sp³-hybridized carbons (Fsp3) is 0.467. The van der Waals surface area contributed by atoms with Crippen molar-refractivity contribution in [2.45, 2.75) is 56.1 Å². The van der Waals surface area contributed by atoms with Gasteiger partial charge >= 0.3 is 6.01 Å². The number of ether oxygens (including phenoxy) is 1. The monoisotopic (exact) mass is 564 g/mol. The second kappa shape index (κ2) is 9.26. The number of H-pyrrole nitrogens is 1. The molecule has 7 nitrogen and oxygen atoms in total. The Morgan fingerprint density at radius 2 is 1.77 bits per heavy atom. The minimum atomic E-state index is -0.544. The van der Waals surface area contributed by atoms with Gasteiger partial charge in [-0.15, -0.1) is 0 Å². The Kier molecular flexibility index (Phi) is 5.73. The van der Waals surface area contributed by atoms with Gasteiger partial charge in [0, 0.05) is 58.8 Å². The normalized spacial score (nSPS) is 23.9. The van der Waals surface area contributed by atoms with Gasteiger partial charge in [0.25, 0.3) is 0 Å². The minimum Gasteiger partial charge on any atom is -0.461 e. The minimum absolute atomic E-state index is 0.0257. The first-order valence-electron chi connectivity index (χ1n) is 14.3. The molecule has 208 valence electrons. The van der Waals surface area contributed by atoms with Gasteiger partial charge in [-0.05, 0) is 69.8 Å². The Morgan fingerprint density at radius 1 is 1.00 bits per heavy atom. The molecule has 10 heteroatoms. The molecule has 4 aromatic rings. The van der Waals surface area contributed by atoms with E-state index in [1.165, 1.54) is 18.9 Å². The van der Waals surface area contributed by atoms with E-state index in [4.69, 9.17) is 21.3 Å². The molecule has 6 heterocycles. The van der Waals surface area contributed by atoms with Gasteiger partial charge in [0.05, 0.1) is 10.6 Å². The van der Waals surface area contributed by atoms with Gasteiger partial charge in [0.2, 0.25) is 0 Å². The molecule has 4 aliphatic rings. The number of nitrogens with one attached hydrogen (secondary N) is 2. The van der Waals surface area contributed by atoms with Crippen LogP contribution in [0.25, 0.3) is 32.9 Å². The Morgan fingerprint density at radius 3 is 2.55 bits per heavy atom. The summed E-state index contributed by atoms with van der Waals surface area (Å²) >= 11 is 6.35. The summed E-state index contributed by atoms with van der Waals surface area (Å²) < 4.78 is 37.2. The fourth-order valence-electron chi connectivity index (χ4n) is 7.64. The predicted octanol–water partition coefficient (Wildman–Crippen LogP) is 5.66. The van der Waals surface area contributed by atoms with Crippen molar-refractivity contribution in [2.75, 3.05) is 37.7 Å². The first-order valence-corrected chi connectivity index (χ1v) is 14.7. The predicted molar refractivity (Wildman–Crippen MR) is 152 cm³/mol. The number of hydrogen-bond donors (Lipinski definition) is 2. The van der Waals surface area contributed by atoms with Crippen molar-refractivity contribution in [1.29, 1.82) is 0 Å². The topological polar surface area (TPSA) is 69.3 Å². The van der Waals surface area contributed by atoms with Crippen LogP contribution in [0.2, 0.25) is 5.02 Å². The molecule has 0 amide bonds. The smallest absolute Gasteiger partial charge is 0.319 e. The number of aromatic amines is 1. The van der Waals surface area contributed by atoms with E-state index in [9.17, 15) is 4.39 Å². The Hall–Kier alpha value is -3.01. The van der Waals surface area contributed by atoms with Crippen LogP contribution in [0.15, 0.2) is 30.5 Å². The van der Waals surface area contributed by atoms with Gasteiger partial charge in [-0.3, -0.25) is 4.90 Å². The van der Waals surface area contributed by atoms with Crippen LogP contribution in [0.4, 0.5) is 14.6 Å². The third kappa shape index (κ3) is 3.81. The molecule has 2 aromatic carbocycles. The Balaban J connectivity index is 1.25. The van der Waals surface area contributed by atoms with E-state index in [1.807, 2.05) is 6.07 Å². The van der Waals surface area contributed by atoms with Gasteiger partial charge in [0.1, 0.15) is 23.8 Å². The third-order valence-electron chi connectivity index (χ3n) is 9.59. The zero-order valence-electron chi connectivity index (χ0n) is 22.2. The molecule has 40 heavy (non-hydrogen) atoms. The molecule has 0 spiro atoms. The van der Waals surface area contributed by atoms with Crippen LogP contribution in [0, 0.1) is 11.6 Å². The highest BCUT2D eigenvalue weighted by Crippen LogP contribution is 2.41. The maximum atomic E-state index is 16.5. The zero-order valence-corrected chi connectivity index (χ0v) is 22.9. The first kappa shape index (κ1) is 24.8. The van der Waals surface area contributed by atoms with Crippen molar-refractivity contribution in [3.63, 3.8) is 0 Å². The first-order chi connectivity index (χ1) is 19.5. The number of aromatic nitrogens is 3. The van der Waals surface area contributed by atoms with Gasteiger partial charge in [-0.1, -0.05) is 17.7 Å². The SMILES string of the molecule is Fc1ccc2[nH]cc(-c3ccc4c(N5C[C@H]6CC[C@@H](C5)N6)nc(OCC56CCCN5CCC6)nc4c3F)c2c1Cl. The summed E-state index contributed by atoms with van der Waals surface area (Å²) in [5, 5.41) is 4.73. The maximum absolute atomic E-state index is 16.5. The number of hydrogen-bond acceptors (Lipinski definition) is 6. The molecule has 0 saturated carbocycles. The van der Waals surface area contributed by atoms with E-state index in [2.05, 4.69) is 25.1 Å². The number of anilines is 1. The lowest BCUT2D eigenvalue weighted by Crippen LogP contribution is -2.51. The van der Waals surface area contributed by atoms with Gasteiger partial charge in [0.15, 0.2) is 5.82 Å². The summed E-state index contributed by atoms with van der Waals surface area (Å²) in [6, 6.07) is 7.51. The average molecular weight is 565 g/mol. The summed E-state index contributed by atoms with van der Waals surface area (Å²) in [5.74, 6) is -0.331. The van der Waals surface area contributed by atoms with Crippen LogP contribution in [0.3, 0.4) is 0 Å². The van der Waals surface area contributed by atoms with Crippen LogP contribution in [-0.4, -0.2) is 70.3 Å². The molecule has 4 aliphatic heterocycles. The largest absolute Gasteiger partial charge is 0.461 e. The molecule has 2 bridgehead atoms. The Bertz CT molecular complexity index is 1620. The van der Waals surface area contributed by atoms with Crippen LogP contribution in [0.5, 0.6) is 6.01 Å². The van der Waals surface area contributed by atoms with E-state index < -0.39 is 11.6 Å². The average Bonchev–Trinajstić information content (AvgIpc) is 3.73. The molecule has 4 saturated heterocycles. The lowest BCUT2D eigenvalue weighted by molar-refractivity contribution is 0.108. The van der Waals surface area contributed by atoms with Crippen LogP contribution in [-0.2, 0) is 0 Å². The summed E-state index contributed by atoms with van der Waals surface area (Å²) in [6.07, 6.45) is 8.47. The van der Waals surface area contributed by atoms with Gasteiger partial charge < -0.3 is 19.9 Å². The number of rotatable bonds is 5. The van der Waals surface area contributed by atoms with Gasteiger partial charge in [-0.25, -0.2) is 8.78 Å². The highest BCUT2D eigenvalue weighted by molar-refractivity contribution is 6.36. The summed E-state index contributed by atoms with van der Waals surface area (Å²) in [7, 11) is 0. The second-order valence-corrected chi connectivity index (χ2v) is 12.3. The van der Waals surface area contributed by atoms with Crippen molar-refractivity contribution in [1.82, 2.24) is 25.2 Å². The number of benzene rings is 2. The quantitative estimate of drug-likeness (QED) is 0.326. The lowest BCUT2D eigenvalue weighted by atomic mass is 9.95. The summed E-state index contributed by atoms with van der Waals surface area (Å²) in [5.41, 5.74) is 1.67. The van der Waals surface area contributed by atoms with Crippen molar-refractivity contribution in [3.05, 3.63) is 47.1 Å². The molecule has 4 fully saturated rings. The van der Waals surface area contributed by atoms with Crippen molar-refractivity contribution in [3.8, 4) is 17.1 Å². The van der Waals surface area contributed by atoms with Crippen molar-refractivity contribution < 1.29 is 13.5 Å². The van der Waals surface area contributed by atoms with Crippen LogP contribution in [0.1, 0.15) is 38.5 Å². The van der Waals surface area contributed by atoms with E-state index >= 15 is 4.39 Å². The molecular weight excluding hydrogens is 534 g/mol. The molecule has 8 rings (SSSR count). The standard InChI is InChI=1S/C30H31ClF2N6O/c31-25-22(32)7-8-23-24(25)21(13-34-23)19-5-6-20-27(26(19)33)36-29(40-16-30-9-1-11-39(30)12-2-10-30)37-28(20)38-14-17-3-4-18(15-38)35-17/h5-8,13,17-18,34-35H,1-4,9-12,14-16H2/t17-,18+. The van der Waals surface area contributed by atoms with E-state index in [0.29, 0.717) is 51.9 Å². The lowest BCUT2D eigenvalue weighted by Gasteiger charge is -2.34. The molecule has 0 radical (unpaired) electrons. The number of fused-ring (bicyclic) bond motifs is 5. The number of piperazine rings is 1. The van der Waals surface area contributed by atoms with Gasteiger partial charge in [-0.2, -0.15) is 9.97 Å². The fourth-order valence-corrected chi connectivity index (χ4v) is 7.90. The molecule has 2 atom stereocenters. The van der Waals surface area contributed by atoms with Crippen molar-refractivity contribution in [2.24, 2.45) is 0 Å². The molecule has 0 aliphatic carbocycles. The molecule has 2 N–H and O–H groups in total. The summed E-state index contributed by atoms with van der Waals surface area (Å²) in [4.78, 5) is 17.4. The highest BCUT2D eigenvalue weighted by Gasteiger charge is 2.45. The second-order valence-electron chi connectivity index (χ2n) is 11.9. The van der Waals surface area contributed by atoms with Crippen LogP contribution >= 0.6 is 11.6 Å². The van der Waals surface area contributed by atoms with Crippen LogP contribution < -0.4 is 15.0 Å². The molecular formula is C30H31ClF2N6O. The summed E-state index contributed by atoms with van der Waals surface area (Å²) in [6.45, 7) is 4.31. The molecule has 2 aromatic heterocycles. The van der Waals surface area contributed by atoms with E-state index in [0.717, 1.165) is 51.9 Å². The van der Waals surface area contributed by atoms with E-state index in [-0.39, 0.29) is 22.1 Å². The number of halogens is 3. The Labute approximate surface area is 235 Å². The van der Waals surface area contributed by atoms with Crippen molar-refractivity contribution >= 4 is 39.2 Å². The number of nitrogens with zero attached hydrogens (tertiary/aromatic N) is 4.